The van der Waals surface area contributed by atoms with Crippen LogP contribution in [0.5, 0.6) is 0 Å². The van der Waals surface area contributed by atoms with Crippen LogP contribution in [0.2, 0.25) is 0 Å². The zero-order chi connectivity index (χ0) is 9.26. The molecule has 0 saturated carbocycles. The molecule has 0 atom stereocenters. The third-order valence-electron chi connectivity index (χ3n) is 1.83. The average molecular weight is 177 g/mol. The first-order valence-corrected chi connectivity index (χ1v) is 3.83. The Morgan fingerprint density at radius 2 is 1.85 bits per heavy atom. The fraction of sp³-hybridized carbons (Fsp3) is 0.111. The lowest BCUT2D eigenvalue weighted by atomic mass is 10.1. The number of benzene rings is 1. The van der Waals surface area contributed by atoms with Crippen molar-refractivity contribution in [3.63, 3.8) is 0 Å². The predicted octanol–water partition coefficient (Wildman–Crippen LogP) is 0.544. The largest absolute Gasteiger partial charge is 0.441 e. The van der Waals surface area contributed by atoms with E-state index in [0.717, 1.165) is 0 Å². The minimum Gasteiger partial charge on any atom is -0.441 e. The summed E-state index contributed by atoms with van der Waals surface area (Å²) in [5.74, 6) is -0.740. The number of amides is 1. The minimum absolute atomic E-state index is 0.0631. The number of carbonyl (C=O) groups is 2. The molecule has 1 aliphatic rings. The number of esters is 1. The number of ether oxygens (including phenoxy) is 1. The lowest BCUT2D eigenvalue weighted by molar-refractivity contribution is 0.0483. The van der Waals surface area contributed by atoms with Crippen LogP contribution in [0.3, 0.4) is 0 Å². The standard InChI is InChI=1S/C9H7NO3/c11-8-6-3-1-2-4-7(6)9(12)13-5-10-8/h1-4H,5H2,(H,10,11). The Labute approximate surface area is 74.5 Å². The molecule has 0 radical (unpaired) electrons. The van der Waals surface area contributed by atoms with Crippen molar-refractivity contribution in [3.05, 3.63) is 35.4 Å². The van der Waals surface area contributed by atoms with E-state index >= 15 is 0 Å². The summed E-state index contributed by atoms with van der Waals surface area (Å²) in [5, 5.41) is 2.45. The lowest BCUT2D eigenvalue weighted by Crippen LogP contribution is -2.23. The van der Waals surface area contributed by atoms with Gasteiger partial charge in [-0.3, -0.25) is 4.79 Å². The van der Waals surface area contributed by atoms with Crippen LogP contribution in [0.15, 0.2) is 24.3 Å². The van der Waals surface area contributed by atoms with Crippen molar-refractivity contribution in [1.29, 1.82) is 0 Å². The maximum absolute atomic E-state index is 11.3. The van der Waals surface area contributed by atoms with Gasteiger partial charge in [-0.1, -0.05) is 12.1 Å². The van der Waals surface area contributed by atoms with Crippen molar-refractivity contribution in [1.82, 2.24) is 5.32 Å². The Hall–Kier alpha value is -1.84. The van der Waals surface area contributed by atoms with Crippen molar-refractivity contribution >= 4 is 11.9 Å². The molecule has 1 aliphatic heterocycles. The molecule has 2 rings (SSSR count). The Bertz CT molecular complexity index is 338. The van der Waals surface area contributed by atoms with Gasteiger partial charge in [0.25, 0.3) is 5.91 Å². The molecule has 1 N–H and O–H groups in total. The van der Waals surface area contributed by atoms with Crippen molar-refractivity contribution in [2.45, 2.75) is 0 Å². The van der Waals surface area contributed by atoms with Gasteiger partial charge in [-0.05, 0) is 12.1 Å². The summed E-state index contributed by atoms with van der Waals surface area (Å²) in [5.41, 5.74) is 0.683. The van der Waals surface area contributed by atoms with E-state index in [2.05, 4.69) is 5.32 Å². The Morgan fingerprint density at radius 1 is 1.15 bits per heavy atom. The van der Waals surface area contributed by atoms with Crippen molar-refractivity contribution in [2.24, 2.45) is 0 Å². The normalized spacial score (nSPS) is 15.4. The zero-order valence-electron chi connectivity index (χ0n) is 6.74. The van der Waals surface area contributed by atoms with Gasteiger partial charge in [0, 0.05) is 0 Å². The highest BCUT2D eigenvalue weighted by Crippen LogP contribution is 2.12. The van der Waals surface area contributed by atoms with Gasteiger partial charge in [0.05, 0.1) is 11.1 Å². The van der Waals surface area contributed by atoms with E-state index in [0.29, 0.717) is 11.1 Å². The smallest absolute Gasteiger partial charge is 0.340 e. The number of nitrogens with one attached hydrogen (secondary N) is 1. The SMILES string of the molecule is O=C1NCOC(=O)c2ccccc21. The number of hydrogen-bond donors (Lipinski definition) is 1. The second kappa shape index (κ2) is 2.90. The highest BCUT2D eigenvalue weighted by atomic mass is 16.5. The van der Waals surface area contributed by atoms with Gasteiger partial charge < -0.3 is 10.1 Å². The van der Waals surface area contributed by atoms with E-state index in [4.69, 9.17) is 4.74 Å². The lowest BCUT2D eigenvalue weighted by Gasteiger charge is -1.98. The third-order valence-corrected chi connectivity index (χ3v) is 1.83. The van der Waals surface area contributed by atoms with Gasteiger partial charge >= 0.3 is 5.97 Å². The summed E-state index contributed by atoms with van der Waals surface area (Å²) < 4.78 is 4.73. The van der Waals surface area contributed by atoms with Gasteiger partial charge in [-0.2, -0.15) is 0 Å². The molecule has 1 heterocycles. The molecule has 1 aromatic rings. The van der Waals surface area contributed by atoms with E-state index < -0.39 is 5.97 Å². The summed E-state index contributed by atoms with van der Waals surface area (Å²) in [6, 6.07) is 6.56. The second-order valence-corrected chi connectivity index (χ2v) is 2.63. The van der Waals surface area contributed by atoms with Crippen LogP contribution in [-0.4, -0.2) is 18.6 Å². The fourth-order valence-electron chi connectivity index (χ4n) is 1.20. The van der Waals surface area contributed by atoms with Crippen LogP contribution in [0.1, 0.15) is 20.7 Å². The number of fused-ring (bicyclic) bond motifs is 1. The molecule has 1 aromatic carbocycles. The molecule has 0 fully saturated rings. The monoisotopic (exact) mass is 177 g/mol. The van der Waals surface area contributed by atoms with E-state index in [1.54, 1.807) is 24.3 Å². The van der Waals surface area contributed by atoms with Crippen molar-refractivity contribution in [2.75, 3.05) is 6.73 Å². The Balaban J connectivity index is 2.57. The minimum atomic E-state index is -0.464. The maximum atomic E-state index is 11.3. The molecule has 4 heteroatoms. The van der Waals surface area contributed by atoms with Crippen LogP contribution in [0.25, 0.3) is 0 Å². The predicted molar refractivity (Wildman–Crippen MR) is 44.2 cm³/mol. The Kier molecular flexibility index (Phi) is 1.73. The first-order chi connectivity index (χ1) is 6.29. The van der Waals surface area contributed by atoms with Crippen LogP contribution < -0.4 is 5.32 Å². The van der Waals surface area contributed by atoms with Crippen molar-refractivity contribution < 1.29 is 14.3 Å². The summed E-state index contributed by atoms with van der Waals surface area (Å²) >= 11 is 0. The molecule has 0 spiro atoms. The molecule has 0 saturated heterocycles. The second-order valence-electron chi connectivity index (χ2n) is 2.63. The summed E-state index contributed by atoms with van der Waals surface area (Å²) in [4.78, 5) is 22.5. The van der Waals surface area contributed by atoms with Crippen LogP contribution in [0, 0.1) is 0 Å². The summed E-state index contributed by atoms with van der Waals surface area (Å²) in [7, 11) is 0. The van der Waals surface area contributed by atoms with Gasteiger partial charge in [0.2, 0.25) is 0 Å². The molecule has 1 amide bonds. The van der Waals surface area contributed by atoms with Crippen molar-refractivity contribution in [3.8, 4) is 0 Å². The van der Waals surface area contributed by atoms with Gasteiger partial charge in [0.1, 0.15) is 0 Å². The highest BCUT2D eigenvalue weighted by Gasteiger charge is 2.20. The molecule has 0 aromatic heterocycles. The first-order valence-electron chi connectivity index (χ1n) is 3.83. The number of hydrogen-bond acceptors (Lipinski definition) is 3. The molecule has 0 bridgehead atoms. The van der Waals surface area contributed by atoms with Crippen LogP contribution in [-0.2, 0) is 4.74 Å². The van der Waals surface area contributed by atoms with Gasteiger partial charge in [-0.25, -0.2) is 4.79 Å². The number of cyclic esters (lactones) is 1. The average Bonchev–Trinajstić information content (AvgIpc) is 2.29. The maximum Gasteiger partial charge on any atom is 0.340 e. The number of rotatable bonds is 0. The molecule has 0 unspecified atom stereocenters. The Morgan fingerprint density at radius 3 is 2.62 bits per heavy atom. The van der Waals surface area contributed by atoms with Gasteiger partial charge in [0.15, 0.2) is 6.73 Å². The third kappa shape index (κ3) is 1.26. The van der Waals surface area contributed by atoms with E-state index in [-0.39, 0.29) is 12.6 Å². The summed E-state index contributed by atoms with van der Waals surface area (Å²) in [6.07, 6.45) is 0. The van der Waals surface area contributed by atoms with E-state index in [1.165, 1.54) is 0 Å². The zero-order valence-corrected chi connectivity index (χ0v) is 6.74. The first kappa shape index (κ1) is 7.79. The topological polar surface area (TPSA) is 55.4 Å². The summed E-state index contributed by atoms with van der Waals surface area (Å²) in [6.45, 7) is -0.0631. The fourth-order valence-corrected chi connectivity index (χ4v) is 1.20. The highest BCUT2D eigenvalue weighted by molar-refractivity contribution is 6.06. The van der Waals surface area contributed by atoms with Gasteiger partial charge in [-0.15, -0.1) is 0 Å². The van der Waals surface area contributed by atoms with E-state index in [9.17, 15) is 9.59 Å². The van der Waals surface area contributed by atoms with Crippen LogP contribution in [0.4, 0.5) is 0 Å². The molecule has 13 heavy (non-hydrogen) atoms. The van der Waals surface area contributed by atoms with Crippen LogP contribution >= 0.6 is 0 Å². The molecule has 4 nitrogen and oxygen atoms in total. The quantitative estimate of drug-likeness (QED) is 0.588. The molecule has 0 aliphatic carbocycles. The van der Waals surface area contributed by atoms with E-state index in [1.807, 2.05) is 0 Å². The number of carbonyl (C=O) groups excluding carboxylic acids is 2. The molecular weight excluding hydrogens is 170 g/mol. The molecule has 66 valence electrons. The molecular formula is C9H7NO3.